The molecule has 1 N–H and O–H groups in total. The smallest absolute Gasteiger partial charge is 0.181 e. The standard InChI is InChI=1S/C20H23N5O/c1-2-6-18(7-3-1)26-14-13-25-12-4-5-17(15-25)20-22-19(23-24-20)16-8-10-21-11-9-16/h1-3,6-11,17H,4-5,12-15H2,(H,22,23,24). The molecule has 0 aliphatic carbocycles. The van der Waals surface area contributed by atoms with E-state index in [4.69, 9.17) is 9.72 Å². The van der Waals surface area contributed by atoms with E-state index in [2.05, 4.69) is 20.1 Å². The van der Waals surface area contributed by atoms with E-state index in [9.17, 15) is 0 Å². The molecule has 2 aromatic heterocycles. The summed E-state index contributed by atoms with van der Waals surface area (Å²) in [6, 6.07) is 13.8. The van der Waals surface area contributed by atoms with Crippen LogP contribution in [0.2, 0.25) is 0 Å². The molecule has 0 amide bonds. The predicted octanol–water partition coefficient (Wildman–Crippen LogP) is 3.13. The third-order valence-electron chi connectivity index (χ3n) is 4.75. The van der Waals surface area contributed by atoms with E-state index >= 15 is 0 Å². The van der Waals surface area contributed by atoms with Crippen molar-refractivity contribution in [3.05, 3.63) is 60.7 Å². The van der Waals surface area contributed by atoms with Crippen molar-refractivity contribution in [3.8, 4) is 17.1 Å². The number of rotatable bonds is 6. The molecule has 26 heavy (non-hydrogen) atoms. The van der Waals surface area contributed by atoms with Crippen LogP contribution in [0.25, 0.3) is 11.4 Å². The first-order valence-corrected chi connectivity index (χ1v) is 9.11. The highest BCUT2D eigenvalue weighted by Gasteiger charge is 2.24. The summed E-state index contributed by atoms with van der Waals surface area (Å²) in [5.41, 5.74) is 0.992. The fourth-order valence-electron chi connectivity index (χ4n) is 3.38. The summed E-state index contributed by atoms with van der Waals surface area (Å²) < 4.78 is 5.83. The number of hydrogen-bond acceptors (Lipinski definition) is 5. The molecular formula is C20H23N5O. The predicted molar refractivity (Wildman–Crippen MR) is 100.0 cm³/mol. The van der Waals surface area contributed by atoms with E-state index in [-0.39, 0.29) is 0 Å². The number of benzene rings is 1. The van der Waals surface area contributed by atoms with Gasteiger partial charge in [0.2, 0.25) is 0 Å². The van der Waals surface area contributed by atoms with Crippen molar-refractivity contribution in [3.63, 3.8) is 0 Å². The Kier molecular flexibility index (Phi) is 5.21. The molecule has 6 heteroatoms. The van der Waals surface area contributed by atoms with Gasteiger partial charge in [0.05, 0.1) is 0 Å². The van der Waals surface area contributed by atoms with Crippen molar-refractivity contribution in [1.29, 1.82) is 0 Å². The first-order chi connectivity index (χ1) is 12.9. The molecule has 3 aromatic rings. The number of para-hydroxylation sites is 1. The average molecular weight is 349 g/mol. The maximum absolute atomic E-state index is 5.83. The minimum absolute atomic E-state index is 0.392. The molecule has 134 valence electrons. The van der Waals surface area contributed by atoms with E-state index < -0.39 is 0 Å². The maximum atomic E-state index is 5.83. The zero-order chi connectivity index (χ0) is 17.6. The minimum atomic E-state index is 0.392. The van der Waals surface area contributed by atoms with E-state index in [1.807, 2.05) is 42.5 Å². The number of likely N-dealkylation sites (tertiary alicyclic amines) is 1. The monoisotopic (exact) mass is 349 g/mol. The molecule has 0 saturated carbocycles. The highest BCUT2D eigenvalue weighted by Crippen LogP contribution is 2.25. The number of aromatic nitrogens is 4. The number of aromatic amines is 1. The second-order valence-corrected chi connectivity index (χ2v) is 6.58. The Bertz CT molecular complexity index is 805. The normalized spacial score (nSPS) is 17.9. The first-order valence-electron chi connectivity index (χ1n) is 9.11. The van der Waals surface area contributed by atoms with Crippen molar-refractivity contribution >= 4 is 0 Å². The lowest BCUT2D eigenvalue weighted by molar-refractivity contribution is 0.168. The molecule has 1 aromatic carbocycles. The lowest BCUT2D eigenvalue weighted by Gasteiger charge is -2.31. The zero-order valence-electron chi connectivity index (χ0n) is 14.7. The Hall–Kier alpha value is -2.73. The average Bonchev–Trinajstić information content (AvgIpc) is 3.20. The Balaban J connectivity index is 1.33. The van der Waals surface area contributed by atoms with Gasteiger partial charge in [-0.1, -0.05) is 18.2 Å². The van der Waals surface area contributed by atoms with E-state index in [0.717, 1.165) is 49.0 Å². The fraction of sp³-hybridized carbons (Fsp3) is 0.350. The van der Waals surface area contributed by atoms with Crippen molar-refractivity contribution in [2.75, 3.05) is 26.2 Å². The summed E-state index contributed by atoms with van der Waals surface area (Å²) in [5, 5.41) is 7.52. The molecule has 1 aliphatic rings. The third kappa shape index (κ3) is 4.08. The van der Waals surface area contributed by atoms with Gasteiger partial charge in [0.15, 0.2) is 5.82 Å². The minimum Gasteiger partial charge on any atom is -0.492 e. The van der Waals surface area contributed by atoms with Gasteiger partial charge in [0.1, 0.15) is 18.2 Å². The SMILES string of the molecule is c1ccc(OCCN2CCCC(c3nc(-c4ccncc4)n[nH]3)C2)cc1. The molecule has 4 rings (SSSR count). The summed E-state index contributed by atoms with van der Waals surface area (Å²) in [6.45, 7) is 3.73. The number of pyridine rings is 1. The van der Waals surface area contributed by atoms with Crippen LogP contribution in [0.1, 0.15) is 24.6 Å². The molecule has 0 spiro atoms. The summed E-state index contributed by atoms with van der Waals surface area (Å²) in [4.78, 5) is 11.2. The summed E-state index contributed by atoms with van der Waals surface area (Å²) in [5.74, 6) is 3.04. The quantitative estimate of drug-likeness (QED) is 0.740. The van der Waals surface area contributed by atoms with Crippen LogP contribution in [0.4, 0.5) is 0 Å². The highest BCUT2D eigenvalue weighted by molar-refractivity contribution is 5.53. The second-order valence-electron chi connectivity index (χ2n) is 6.58. The van der Waals surface area contributed by atoms with E-state index in [0.29, 0.717) is 12.5 Å². The molecule has 6 nitrogen and oxygen atoms in total. The Morgan fingerprint density at radius 2 is 1.96 bits per heavy atom. The van der Waals surface area contributed by atoms with Gasteiger partial charge in [-0.3, -0.25) is 15.0 Å². The van der Waals surface area contributed by atoms with Gasteiger partial charge >= 0.3 is 0 Å². The Labute approximate surface area is 153 Å². The number of nitrogens with zero attached hydrogens (tertiary/aromatic N) is 4. The largest absolute Gasteiger partial charge is 0.492 e. The van der Waals surface area contributed by atoms with Gasteiger partial charge < -0.3 is 4.74 Å². The molecular weight excluding hydrogens is 326 g/mol. The number of piperidine rings is 1. The van der Waals surface area contributed by atoms with Crippen molar-refractivity contribution in [2.24, 2.45) is 0 Å². The van der Waals surface area contributed by atoms with Crippen LogP contribution >= 0.6 is 0 Å². The summed E-state index contributed by atoms with van der Waals surface area (Å²) >= 11 is 0. The maximum Gasteiger partial charge on any atom is 0.181 e. The molecule has 1 aliphatic heterocycles. The molecule has 1 fully saturated rings. The number of nitrogens with one attached hydrogen (secondary N) is 1. The van der Waals surface area contributed by atoms with Crippen LogP contribution in [0, 0.1) is 0 Å². The lowest BCUT2D eigenvalue weighted by Crippen LogP contribution is -2.37. The molecule has 3 heterocycles. The van der Waals surface area contributed by atoms with Crippen LogP contribution in [-0.4, -0.2) is 51.3 Å². The van der Waals surface area contributed by atoms with Gasteiger partial charge in [-0.05, 0) is 43.7 Å². The lowest BCUT2D eigenvalue weighted by atomic mass is 9.97. The third-order valence-corrected chi connectivity index (χ3v) is 4.75. The topological polar surface area (TPSA) is 66.9 Å². The number of hydrogen-bond donors (Lipinski definition) is 1. The van der Waals surface area contributed by atoms with Crippen LogP contribution in [0.15, 0.2) is 54.9 Å². The van der Waals surface area contributed by atoms with Gasteiger partial charge in [-0.25, -0.2) is 4.98 Å². The van der Waals surface area contributed by atoms with Crippen molar-refractivity contribution in [1.82, 2.24) is 25.1 Å². The summed E-state index contributed by atoms with van der Waals surface area (Å²) in [7, 11) is 0. The fourth-order valence-corrected chi connectivity index (χ4v) is 3.38. The zero-order valence-corrected chi connectivity index (χ0v) is 14.7. The molecule has 0 bridgehead atoms. The van der Waals surface area contributed by atoms with Gasteiger partial charge in [-0.15, -0.1) is 0 Å². The van der Waals surface area contributed by atoms with Crippen LogP contribution in [-0.2, 0) is 0 Å². The number of ether oxygens (including phenoxy) is 1. The van der Waals surface area contributed by atoms with Crippen molar-refractivity contribution < 1.29 is 4.74 Å². The first kappa shape index (κ1) is 16.7. The molecule has 1 unspecified atom stereocenters. The van der Waals surface area contributed by atoms with Crippen LogP contribution in [0.3, 0.4) is 0 Å². The Morgan fingerprint density at radius 3 is 2.81 bits per heavy atom. The van der Waals surface area contributed by atoms with E-state index in [1.165, 1.54) is 6.42 Å². The second kappa shape index (κ2) is 8.10. The Morgan fingerprint density at radius 1 is 1.12 bits per heavy atom. The van der Waals surface area contributed by atoms with Crippen LogP contribution < -0.4 is 4.74 Å². The van der Waals surface area contributed by atoms with Crippen molar-refractivity contribution in [2.45, 2.75) is 18.8 Å². The van der Waals surface area contributed by atoms with E-state index in [1.54, 1.807) is 12.4 Å². The van der Waals surface area contributed by atoms with Gasteiger partial charge in [-0.2, -0.15) is 5.10 Å². The molecule has 1 saturated heterocycles. The van der Waals surface area contributed by atoms with Gasteiger partial charge in [0, 0.05) is 37.0 Å². The van der Waals surface area contributed by atoms with Gasteiger partial charge in [0.25, 0.3) is 0 Å². The summed E-state index contributed by atoms with van der Waals surface area (Å²) in [6.07, 6.45) is 5.84. The molecule has 1 atom stereocenters. The molecule has 0 radical (unpaired) electrons. The van der Waals surface area contributed by atoms with Crippen LogP contribution in [0.5, 0.6) is 5.75 Å². The highest BCUT2D eigenvalue weighted by atomic mass is 16.5. The number of H-pyrrole nitrogens is 1.